The molecule has 0 bridgehead atoms. The largest absolute Gasteiger partial charge is 0.381 e. The van der Waals surface area contributed by atoms with E-state index in [1.165, 1.54) is 17.7 Å². The Hall–Kier alpha value is -1.35. The van der Waals surface area contributed by atoms with Gasteiger partial charge in [0, 0.05) is 24.9 Å². The second-order valence-corrected chi connectivity index (χ2v) is 4.50. The maximum Gasteiger partial charge on any atom is 0.139 e. The highest BCUT2D eigenvalue weighted by molar-refractivity contribution is 5.48. The highest BCUT2D eigenvalue weighted by Gasteiger charge is 2.19. The van der Waals surface area contributed by atoms with E-state index in [4.69, 9.17) is 9.72 Å². The van der Waals surface area contributed by atoms with Gasteiger partial charge >= 0.3 is 0 Å². The van der Waals surface area contributed by atoms with Crippen LogP contribution in [-0.2, 0) is 4.74 Å². The highest BCUT2D eigenvalue weighted by Crippen LogP contribution is 2.25. The summed E-state index contributed by atoms with van der Waals surface area (Å²) in [7, 11) is 0. The Morgan fingerprint density at radius 2 is 2.44 bits per heavy atom. The molecule has 0 N–H and O–H groups in total. The van der Waals surface area contributed by atoms with Gasteiger partial charge in [-0.1, -0.05) is 6.07 Å². The first-order valence-electron chi connectivity index (χ1n) is 5.86. The maximum atomic E-state index is 5.51. The summed E-state index contributed by atoms with van der Waals surface area (Å²) in [5, 5.41) is 0. The van der Waals surface area contributed by atoms with E-state index in [1.54, 1.807) is 0 Å². The molecule has 3 rings (SSSR count). The molecular weight excluding hydrogens is 200 g/mol. The van der Waals surface area contributed by atoms with E-state index in [2.05, 4.69) is 35.9 Å². The van der Waals surface area contributed by atoms with Crippen LogP contribution in [0.3, 0.4) is 0 Å². The van der Waals surface area contributed by atoms with Crippen molar-refractivity contribution in [3.8, 4) is 0 Å². The van der Waals surface area contributed by atoms with Crippen molar-refractivity contribution < 1.29 is 4.74 Å². The van der Waals surface area contributed by atoms with Crippen LogP contribution in [0.4, 0.5) is 0 Å². The van der Waals surface area contributed by atoms with Crippen LogP contribution in [0.15, 0.2) is 24.5 Å². The van der Waals surface area contributed by atoms with Crippen molar-refractivity contribution >= 4 is 5.65 Å². The minimum absolute atomic E-state index is 0.480. The van der Waals surface area contributed by atoms with E-state index in [-0.39, 0.29) is 0 Å². The van der Waals surface area contributed by atoms with E-state index >= 15 is 0 Å². The monoisotopic (exact) mass is 216 g/mol. The van der Waals surface area contributed by atoms with E-state index in [1.807, 2.05) is 0 Å². The average Bonchev–Trinajstić information content (AvgIpc) is 2.76. The minimum atomic E-state index is 0.480. The van der Waals surface area contributed by atoms with Gasteiger partial charge in [-0.2, -0.15) is 0 Å². The van der Waals surface area contributed by atoms with Gasteiger partial charge in [-0.15, -0.1) is 0 Å². The molecule has 3 heteroatoms. The molecule has 84 valence electrons. The number of imidazole rings is 1. The number of nitrogens with zero attached hydrogens (tertiary/aromatic N) is 2. The lowest BCUT2D eigenvalue weighted by Crippen LogP contribution is -2.15. The molecule has 1 aliphatic heterocycles. The molecule has 0 spiro atoms. The Labute approximate surface area is 95.1 Å². The zero-order chi connectivity index (χ0) is 11.0. The van der Waals surface area contributed by atoms with Gasteiger partial charge in [-0.05, 0) is 31.4 Å². The summed E-state index contributed by atoms with van der Waals surface area (Å²) in [6, 6.07) is 4.16. The molecule has 3 heterocycles. The predicted octanol–water partition coefficient (Wildman–Crippen LogP) is 2.54. The Bertz CT molecular complexity index is 498. The molecule has 1 fully saturated rings. The summed E-state index contributed by atoms with van der Waals surface area (Å²) in [4.78, 5) is 4.72. The first kappa shape index (κ1) is 9.85. The molecule has 0 amide bonds. The third kappa shape index (κ3) is 1.61. The van der Waals surface area contributed by atoms with E-state index < -0.39 is 0 Å². The lowest BCUT2D eigenvalue weighted by Gasteiger charge is -2.19. The molecule has 0 aliphatic carbocycles. The second-order valence-electron chi connectivity index (χ2n) is 4.50. The molecule has 2 aromatic rings. The Morgan fingerprint density at radius 1 is 1.50 bits per heavy atom. The first-order valence-corrected chi connectivity index (χ1v) is 5.86. The molecule has 0 aromatic carbocycles. The lowest BCUT2D eigenvalue weighted by molar-refractivity contribution is 0.0794. The van der Waals surface area contributed by atoms with Crippen LogP contribution in [0.25, 0.3) is 5.65 Å². The lowest BCUT2D eigenvalue weighted by atomic mass is 9.99. The zero-order valence-electron chi connectivity index (χ0n) is 9.52. The maximum absolute atomic E-state index is 5.51. The van der Waals surface area contributed by atoms with Gasteiger partial charge in [0.15, 0.2) is 0 Å². The van der Waals surface area contributed by atoms with Crippen LogP contribution in [0.2, 0.25) is 0 Å². The second kappa shape index (κ2) is 3.91. The molecular formula is C13H16N2O. The fourth-order valence-corrected chi connectivity index (χ4v) is 2.34. The Morgan fingerprint density at radius 3 is 3.19 bits per heavy atom. The standard InChI is InChI=1S/C13H16N2O/c1-10-4-2-6-15-8-12(14-13(10)15)11-5-3-7-16-9-11/h2,4,6,8,11H,3,5,7,9H2,1H3. The van der Waals surface area contributed by atoms with Gasteiger partial charge in [-0.3, -0.25) is 0 Å². The van der Waals surface area contributed by atoms with Gasteiger partial charge in [0.05, 0.1) is 12.3 Å². The van der Waals surface area contributed by atoms with Gasteiger partial charge in [0.2, 0.25) is 0 Å². The number of hydrogen-bond donors (Lipinski definition) is 0. The van der Waals surface area contributed by atoms with Crippen LogP contribution in [0.5, 0.6) is 0 Å². The zero-order valence-corrected chi connectivity index (χ0v) is 9.52. The van der Waals surface area contributed by atoms with E-state index in [0.717, 1.165) is 25.3 Å². The third-order valence-electron chi connectivity index (χ3n) is 3.28. The molecule has 1 aliphatic rings. The van der Waals surface area contributed by atoms with Crippen LogP contribution in [0.1, 0.15) is 30.0 Å². The molecule has 0 saturated carbocycles. The van der Waals surface area contributed by atoms with Crippen molar-refractivity contribution in [1.29, 1.82) is 0 Å². The fraction of sp³-hybridized carbons (Fsp3) is 0.462. The van der Waals surface area contributed by atoms with Crippen LogP contribution in [-0.4, -0.2) is 22.6 Å². The molecule has 1 saturated heterocycles. The van der Waals surface area contributed by atoms with Crippen molar-refractivity contribution in [2.75, 3.05) is 13.2 Å². The van der Waals surface area contributed by atoms with Crippen molar-refractivity contribution in [2.45, 2.75) is 25.7 Å². The molecule has 1 atom stereocenters. The average molecular weight is 216 g/mol. The van der Waals surface area contributed by atoms with Crippen molar-refractivity contribution in [3.05, 3.63) is 35.8 Å². The summed E-state index contributed by atoms with van der Waals surface area (Å²) in [5.74, 6) is 0.480. The quantitative estimate of drug-likeness (QED) is 0.732. The van der Waals surface area contributed by atoms with Crippen molar-refractivity contribution in [2.24, 2.45) is 0 Å². The van der Waals surface area contributed by atoms with Crippen molar-refractivity contribution in [1.82, 2.24) is 9.38 Å². The predicted molar refractivity (Wildman–Crippen MR) is 62.7 cm³/mol. The molecule has 1 unspecified atom stereocenters. The molecule has 16 heavy (non-hydrogen) atoms. The van der Waals surface area contributed by atoms with Crippen LogP contribution < -0.4 is 0 Å². The van der Waals surface area contributed by atoms with E-state index in [0.29, 0.717) is 5.92 Å². The van der Waals surface area contributed by atoms with E-state index in [9.17, 15) is 0 Å². The summed E-state index contributed by atoms with van der Waals surface area (Å²) < 4.78 is 7.62. The normalized spacial score (nSPS) is 21.4. The minimum Gasteiger partial charge on any atom is -0.381 e. The van der Waals surface area contributed by atoms with Gasteiger partial charge in [0.1, 0.15) is 5.65 Å². The summed E-state index contributed by atoms with van der Waals surface area (Å²) in [6.45, 7) is 3.83. The molecule has 2 aromatic heterocycles. The molecule has 3 nitrogen and oxygen atoms in total. The number of aromatic nitrogens is 2. The van der Waals surface area contributed by atoms with Gasteiger partial charge < -0.3 is 9.14 Å². The van der Waals surface area contributed by atoms with Gasteiger partial charge in [0.25, 0.3) is 0 Å². The first-order chi connectivity index (χ1) is 7.84. The number of fused-ring (bicyclic) bond motifs is 1. The topological polar surface area (TPSA) is 26.5 Å². The third-order valence-corrected chi connectivity index (χ3v) is 3.28. The smallest absolute Gasteiger partial charge is 0.139 e. The number of rotatable bonds is 1. The highest BCUT2D eigenvalue weighted by atomic mass is 16.5. The Balaban J connectivity index is 2.01. The van der Waals surface area contributed by atoms with Crippen molar-refractivity contribution in [3.63, 3.8) is 0 Å². The number of hydrogen-bond acceptors (Lipinski definition) is 2. The van der Waals surface area contributed by atoms with Gasteiger partial charge in [-0.25, -0.2) is 4.98 Å². The summed E-state index contributed by atoms with van der Waals surface area (Å²) in [6.07, 6.45) is 6.55. The number of pyridine rings is 1. The summed E-state index contributed by atoms with van der Waals surface area (Å²) in [5.41, 5.74) is 3.47. The Kier molecular flexibility index (Phi) is 2.40. The van der Waals surface area contributed by atoms with Crippen LogP contribution in [0, 0.1) is 6.92 Å². The SMILES string of the molecule is Cc1cccn2cc(C3CCCOC3)nc12. The summed E-state index contributed by atoms with van der Waals surface area (Å²) >= 11 is 0. The molecule has 0 radical (unpaired) electrons. The number of ether oxygens (including phenoxy) is 1. The van der Waals surface area contributed by atoms with Crippen LogP contribution >= 0.6 is 0 Å². The number of aryl methyl sites for hydroxylation is 1. The fourth-order valence-electron chi connectivity index (χ4n) is 2.34.